The fourth-order valence-corrected chi connectivity index (χ4v) is 7.08. The van der Waals surface area contributed by atoms with Gasteiger partial charge in [0.25, 0.3) is 7.82 Å². The first-order valence-corrected chi connectivity index (χ1v) is 27.0. The standard InChI is InChI=1S/C57H95N2O6P/c1-6-8-10-12-14-15-16-17-18-19-20-21-22-23-24-25-26-27-28-29-30-31-32-33-34-35-36-37-38-39-40-41-42-43-45-47-49-51-57(61)58-55(56(60)50-48-46-44-13-11-9-7-2)54-65-66(62,63)64-53-52-59(3,4)5/h8,10,14-15,17-18,20-21,23-24,26-27,29-30,32-33,35-36,38-39,48,50,55-56,60H,6-7,9,11-13,16,19,22,25,28,31,34,37,40-47,49,51-54H2,1-5H3,(H-,58,61,62,63)/b10-8-,15-14-,18-17-,21-20-,24-23-,27-26-,30-29-,33-32-,36-35-,39-38-,50-48+. The second kappa shape index (κ2) is 46.7. The van der Waals surface area contributed by atoms with Gasteiger partial charge in [-0.15, -0.1) is 0 Å². The van der Waals surface area contributed by atoms with Gasteiger partial charge in [-0.3, -0.25) is 9.36 Å². The van der Waals surface area contributed by atoms with Gasteiger partial charge < -0.3 is 28.8 Å². The number of phosphoric ester groups is 1. The molecule has 2 N–H and O–H groups in total. The molecule has 374 valence electrons. The molecule has 0 rings (SSSR count). The highest BCUT2D eigenvalue weighted by atomic mass is 31.2. The molecular formula is C57H95N2O6P. The van der Waals surface area contributed by atoms with E-state index in [4.69, 9.17) is 9.05 Å². The van der Waals surface area contributed by atoms with E-state index in [1.165, 1.54) is 19.3 Å². The van der Waals surface area contributed by atoms with Crippen LogP contribution in [0.5, 0.6) is 0 Å². The second-order valence-corrected chi connectivity index (χ2v) is 19.2. The van der Waals surface area contributed by atoms with Crippen molar-refractivity contribution in [3.63, 3.8) is 0 Å². The quantitative estimate of drug-likeness (QED) is 0.0273. The Morgan fingerprint density at radius 3 is 1.35 bits per heavy atom. The molecule has 0 heterocycles. The molecule has 0 fully saturated rings. The van der Waals surface area contributed by atoms with E-state index in [1.807, 2.05) is 27.2 Å². The van der Waals surface area contributed by atoms with Gasteiger partial charge in [-0.1, -0.05) is 199 Å². The third-order valence-electron chi connectivity index (χ3n) is 10.4. The van der Waals surface area contributed by atoms with Crippen LogP contribution in [0.4, 0.5) is 0 Å². The largest absolute Gasteiger partial charge is 0.756 e. The maximum absolute atomic E-state index is 12.8. The summed E-state index contributed by atoms with van der Waals surface area (Å²) in [5.41, 5.74) is 0. The molecule has 3 atom stereocenters. The van der Waals surface area contributed by atoms with Crippen LogP contribution in [0.3, 0.4) is 0 Å². The molecule has 0 saturated carbocycles. The maximum Gasteiger partial charge on any atom is 0.268 e. The molecule has 0 radical (unpaired) electrons. The molecule has 0 aliphatic heterocycles. The van der Waals surface area contributed by atoms with Crippen LogP contribution in [0, 0.1) is 0 Å². The number of phosphoric acid groups is 1. The van der Waals surface area contributed by atoms with Crippen molar-refractivity contribution in [1.82, 2.24) is 5.32 Å². The Labute approximate surface area is 405 Å². The van der Waals surface area contributed by atoms with Crippen molar-refractivity contribution < 1.29 is 32.9 Å². The highest BCUT2D eigenvalue weighted by Crippen LogP contribution is 2.38. The minimum Gasteiger partial charge on any atom is -0.756 e. The molecule has 0 aliphatic carbocycles. The van der Waals surface area contributed by atoms with Crippen LogP contribution in [-0.2, 0) is 18.4 Å². The Morgan fingerprint density at radius 2 is 0.924 bits per heavy atom. The number of carbonyl (C=O) groups is 1. The Bertz CT molecular complexity index is 1530. The molecule has 66 heavy (non-hydrogen) atoms. The van der Waals surface area contributed by atoms with E-state index in [1.54, 1.807) is 6.08 Å². The minimum atomic E-state index is -4.59. The first kappa shape index (κ1) is 62.6. The number of aliphatic hydroxyl groups excluding tert-OH is 1. The summed E-state index contributed by atoms with van der Waals surface area (Å²) in [4.78, 5) is 25.2. The molecule has 0 spiro atoms. The number of nitrogens with one attached hydrogen (secondary N) is 1. The number of amides is 1. The lowest BCUT2D eigenvalue weighted by Gasteiger charge is -2.29. The van der Waals surface area contributed by atoms with Crippen molar-refractivity contribution in [2.45, 2.75) is 180 Å². The highest BCUT2D eigenvalue weighted by Gasteiger charge is 2.23. The van der Waals surface area contributed by atoms with E-state index in [2.05, 4.69) is 141 Å². The average molecular weight is 935 g/mol. The van der Waals surface area contributed by atoms with Gasteiger partial charge in [0.15, 0.2) is 0 Å². The number of hydrogen-bond donors (Lipinski definition) is 2. The normalized spacial score (nSPS) is 15.2. The molecule has 0 aromatic carbocycles. The SMILES string of the molecule is CC/C=C\C/C=C\C/C=C\C/C=C\C/C=C\C/C=C\C/C=C\C/C=C\C/C=C\C/C=C\CCCCCCCCC(=O)NC(COP(=O)([O-])OCC[N+](C)(C)C)C(O)/C=C/CCCCCCC. The highest BCUT2D eigenvalue weighted by molar-refractivity contribution is 7.45. The van der Waals surface area contributed by atoms with Gasteiger partial charge in [0.2, 0.25) is 5.91 Å². The van der Waals surface area contributed by atoms with Gasteiger partial charge >= 0.3 is 0 Å². The van der Waals surface area contributed by atoms with Crippen molar-refractivity contribution in [2.75, 3.05) is 40.9 Å². The van der Waals surface area contributed by atoms with E-state index in [-0.39, 0.29) is 12.5 Å². The predicted octanol–water partition coefficient (Wildman–Crippen LogP) is 14.6. The summed E-state index contributed by atoms with van der Waals surface area (Å²) in [6, 6.07) is -0.901. The van der Waals surface area contributed by atoms with Crippen LogP contribution < -0.4 is 10.2 Å². The van der Waals surface area contributed by atoms with Gasteiger partial charge in [-0.25, -0.2) is 0 Å². The number of quaternary nitrogens is 1. The molecule has 0 aliphatic rings. The average Bonchev–Trinajstić information content (AvgIpc) is 3.28. The van der Waals surface area contributed by atoms with Crippen molar-refractivity contribution in [3.05, 3.63) is 134 Å². The van der Waals surface area contributed by atoms with Crippen LogP contribution in [0.2, 0.25) is 0 Å². The monoisotopic (exact) mass is 935 g/mol. The lowest BCUT2D eigenvalue weighted by Crippen LogP contribution is -2.45. The molecule has 9 heteroatoms. The van der Waals surface area contributed by atoms with Crippen molar-refractivity contribution in [1.29, 1.82) is 0 Å². The number of unbranched alkanes of at least 4 members (excludes halogenated alkanes) is 11. The van der Waals surface area contributed by atoms with E-state index < -0.39 is 26.6 Å². The summed E-state index contributed by atoms with van der Waals surface area (Å²) in [7, 11) is 1.22. The molecule has 3 unspecified atom stereocenters. The molecule has 0 aromatic heterocycles. The number of aliphatic hydroxyl groups is 1. The summed E-state index contributed by atoms with van der Waals surface area (Å²) in [6.45, 7) is 4.42. The molecule has 0 bridgehead atoms. The molecule has 8 nitrogen and oxygen atoms in total. The Hall–Kier alpha value is -3.36. The first-order chi connectivity index (χ1) is 32.0. The van der Waals surface area contributed by atoms with Gasteiger partial charge in [0.05, 0.1) is 39.9 Å². The van der Waals surface area contributed by atoms with Crippen LogP contribution in [-0.4, -0.2) is 68.5 Å². The van der Waals surface area contributed by atoms with Crippen LogP contribution >= 0.6 is 7.82 Å². The molecule has 1 amide bonds. The van der Waals surface area contributed by atoms with Gasteiger partial charge in [0.1, 0.15) is 13.2 Å². The summed E-state index contributed by atoms with van der Waals surface area (Å²) in [5, 5.41) is 13.7. The third-order valence-corrected chi connectivity index (χ3v) is 11.3. The smallest absolute Gasteiger partial charge is 0.268 e. The van der Waals surface area contributed by atoms with Crippen molar-refractivity contribution in [3.8, 4) is 0 Å². The predicted molar refractivity (Wildman–Crippen MR) is 283 cm³/mol. The zero-order valence-electron chi connectivity index (χ0n) is 42.3. The number of carbonyl (C=O) groups excluding carboxylic acids is 1. The Balaban J connectivity index is 4.10. The topological polar surface area (TPSA) is 108 Å². The summed E-state index contributed by atoms with van der Waals surface area (Å²) < 4.78 is 23.1. The first-order valence-electron chi connectivity index (χ1n) is 25.5. The van der Waals surface area contributed by atoms with E-state index >= 15 is 0 Å². The zero-order chi connectivity index (χ0) is 48.5. The summed E-state index contributed by atoms with van der Waals surface area (Å²) in [6.07, 6.45) is 71.2. The van der Waals surface area contributed by atoms with Crippen LogP contribution in [0.1, 0.15) is 168 Å². The molecular weight excluding hydrogens is 840 g/mol. The number of likely N-dealkylation sites (N-methyl/N-ethyl adjacent to an activating group) is 1. The lowest BCUT2D eigenvalue weighted by molar-refractivity contribution is -0.870. The second-order valence-electron chi connectivity index (χ2n) is 17.8. The lowest BCUT2D eigenvalue weighted by atomic mass is 10.1. The molecule has 0 saturated heterocycles. The van der Waals surface area contributed by atoms with E-state index in [0.29, 0.717) is 17.4 Å². The van der Waals surface area contributed by atoms with Gasteiger partial charge in [0, 0.05) is 6.42 Å². The van der Waals surface area contributed by atoms with Crippen molar-refractivity contribution in [2.24, 2.45) is 0 Å². The third kappa shape index (κ3) is 48.6. The fraction of sp³-hybridized carbons (Fsp3) is 0.596. The zero-order valence-corrected chi connectivity index (χ0v) is 43.2. The fourth-order valence-electron chi connectivity index (χ4n) is 6.35. The minimum absolute atomic E-state index is 0.0120. The Morgan fingerprint density at radius 1 is 0.545 bits per heavy atom. The number of rotatable bonds is 44. The van der Waals surface area contributed by atoms with Gasteiger partial charge in [-0.2, -0.15) is 0 Å². The summed E-state index contributed by atoms with van der Waals surface area (Å²) >= 11 is 0. The van der Waals surface area contributed by atoms with E-state index in [9.17, 15) is 19.4 Å². The van der Waals surface area contributed by atoms with Crippen LogP contribution in [0.15, 0.2) is 134 Å². The number of allylic oxidation sites excluding steroid dienone is 21. The number of hydrogen-bond acceptors (Lipinski definition) is 6. The molecule has 0 aromatic rings. The summed E-state index contributed by atoms with van der Waals surface area (Å²) in [5.74, 6) is -0.224. The van der Waals surface area contributed by atoms with Crippen molar-refractivity contribution >= 4 is 13.7 Å². The maximum atomic E-state index is 12.8. The van der Waals surface area contributed by atoms with E-state index in [0.717, 1.165) is 128 Å². The Kier molecular flexibility index (Phi) is 44.4. The van der Waals surface area contributed by atoms with Crippen LogP contribution in [0.25, 0.3) is 0 Å². The number of nitrogens with zero attached hydrogens (tertiary/aromatic N) is 1. The van der Waals surface area contributed by atoms with Gasteiger partial charge in [-0.05, 0) is 96.3 Å².